The van der Waals surface area contributed by atoms with Crippen LogP contribution in [0, 0.1) is 0 Å². The van der Waals surface area contributed by atoms with E-state index in [9.17, 15) is 13.2 Å². The van der Waals surface area contributed by atoms with Crippen molar-refractivity contribution in [3.05, 3.63) is 88.5 Å². The molecule has 180 valence electrons. The zero-order valence-corrected chi connectivity index (χ0v) is 20.9. The molecule has 0 fully saturated rings. The zero-order chi connectivity index (χ0) is 24.7. The van der Waals surface area contributed by atoms with Crippen LogP contribution in [0.1, 0.15) is 43.0 Å². The van der Waals surface area contributed by atoms with Crippen LogP contribution in [0.3, 0.4) is 0 Å². The minimum atomic E-state index is -3.66. The molecule has 1 N–H and O–H groups in total. The summed E-state index contributed by atoms with van der Waals surface area (Å²) in [6.07, 6.45) is 7.76. The van der Waals surface area contributed by atoms with Gasteiger partial charge in [0.15, 0.2) is 0 Å². The van der Waals surface area contributed by atoms with Crippen LogP contribution in [0.2, 0.25) is 5.02 Å². The Labute approximate surface area is 205 Å². The lowest BCUT2D eigenvalue weighted by Crippen LogP contribution is -2.26. The third-order valence-corrected chi connectivity index (χ3v) is 7.09. The fourth-order valence-corrected chi connectivity index (χ4v) is 4.78. The van der Waals surface area contributed by atoms with E-state index in [1.54, 1.807) is 44.4 Å². The van der Waals surface area contributed by atoms with Gasteiger partial charge >= 0.3 is 5.97 Å². The van der Waals surface area contributed by atoms with Crippen molar-refractivity contribution in [3.8, 4) is 0 Å². The molecular weight excluding hydrogens is 474 g/mol. The minimum absolute atomic E-state index is 0.0992. The second-order valence-corrected chi connectivity index (χ2v) is 10.0. The molecule has 3 rings (SSSR count). The molecule has 7 nitrogen and oxygen atoms in total. The lowest BCUT2D eigenvalue weighted by atomic mass is 9.91. The molecule has 0 aliphatic heterocycles. The molecule has 1 atom stereocenters. The largest absolute Gasteiger partial charge is 0.463 e. The number of aromatic nitrogens is 2. The Bertz CT molecular complexity index is 1250. The van der Waals surface area contributed by atoms with E-state index in [0.717, 1.165) is 16.8 Å². The number of carbonyl (C=O) groups excluding carboxylic acids is 1. The first-order chi connectivity index (χ1) is 16.2. The maximum atomic E-state index is 12.7. The Morgan fingerprint density at radius 2 is 1.97 bits per heavy atom. The molecule has 0 aliphatic rings. The van der Waals surface area contributed by atoms with Crippen LogP contribution in [0.5, 0.6) is 0 Å². The topological polar surface area (TPSA) is 90.3 Å². The van der Waals surface area contributed by atoms with Gasteiger partial charge < -0.3 is 9.30 Å². The molecule has 2 aromatic heterocycles. The summed E-state index contributed by atoms with van der Waals surface area (Å²) in [5.74, 6) is -0.455. The number of ether oxygens (including phenoxy) is 1. The standard InChI is InChI=1S/C25H28ClN3O4S/c1-4-33-25(30)18(2)14-22-15-20(17-29(22)3)24(19-6-5-12-27-16-19)11-13-28-34(31,32)23-9-7-21(26)8-10-23/h5-10,12,14-17,24,28H,4,11,13H2,1-3H3. The first kappa shape index (κ1) is 25.7. The summed E-state index contributed by atoms with van der Waals surface area (Å²) in [6, 6.07) is 11.9. The molecule has 0 aliphatic carbocycles. The lowest BCUT2D eigenvalue weighted by molar-refractivity contribution is -0.138. The van der Waals surface area contributed by atoms with Crippen LogP contribution in [0.4, 0.5) is 0 Å². The molecule has 3 aromatic rings. The average molecular weight is 502 g/mol. The van der Waals surface area contributed by atoms with Crippen molar-refractivity contribution in [1.82, 2.24) is 14.3 Å². The molecule has 0 bridgehead atoms. The predicted molar refractivity (Wildman–Crippen MR) is 133 cm³/mol. The SMILES string of the molecule is CCOC(=O)C(C)=Cc1cc(C(CCNS(=O)(=O)c2ccc(Cl)cc2)c2cccnc2)cn1C. The van der Waals surface area contributed by atoms with E-state index in [0.29, 0.717) is 23.6 Å². The highest BCUT2D eigenvalue weighted by atomic mass is 35.5. The summed E-state index contributed by atoms with van der Waals surface area (Å²) >= 11 is 5.87. The summed E-state index contributed by atoms with van der Waals surface area (Å²) in [5, 5.41) is 0.475. The molecular formula is C25H28ClN3O4S. The number of rotatable bonds is 10. The fraction of sp³-hybridized carbons (Fsp3) is 0.280. The van der Waals surface area contributed by atoms with Crippen molar-refractivity contribution in [2.45, 2.75) is 31.1 Å². The van der Waals surface area contributed by atoms with Gasteiger partial charge in [-0.1, -0.05) is 17.7 Å². The van der Waals surface area contributed by atoms with Gasteiger partial charge in [0, 0.05) is 54.4 Å². The number of benzene rings is 1. The van der Waals surface area contributed by atoms with E-state index in [2.05, 4.69) is 9.71 Å². The van der Waals surface area contributed by atoms with Crippen molar-refractivity contribution < 1.29 is 17.9 Å². The van der Waals surface area contributed by atoms with Gasteiger partial charge in [0.05, 0.1) is 11.5 Å². The zero-order valence-electron chi connectivity index (χ0n) is 19.4. The highest BCUT2D eigenvalue weighted by Crippen LogP contribution is 2.29. The third kappa shape index (κ3) is 6.56. The van der Waals surface area contributed by atoms with Crippen LogP contribution in [-0.4, -0.2) is 37.1 Å². The van der Waals surface area contributed by atoms with Crippen LogP contribution >= 0.6 is 11.6 Å². The van der Waals surface area contributed by atoms with E-state index in [1.807, 2.05) is 36.0 Å². The molecule has 0 radical (unpaired) electrons. The summed E-state index contributed by atoms with van der Waals surface area (Å²) in [6.45, 7) is 4.03. The molecule has 0 spiro atoms. The van der Waals surface area contributed by atoms with Gasteiger partial charge in [-0.25, -0.2) is 17.9 Å². The van der Waals surface area contributed by atoms with Gasteiger partial charge in [-0.2, -0.15) is 0 Å². The van der Waals surface area contributed by atoms with E-state index < -0.39 is 10.0 Å². The van der Waals surface area contributed by atoms with E-state index in [1.165, 1.54) is 12.1 Å². The normalized spacial score (nSPS) is 13.0. The molecule has 9 heteroatoms. The monoisotopic (exact) mass is 501 g/mol. The molecule has 0 amide bonds. The van der Waals surface area contributed by atoms with Crippen molar-refractivity contribution in [3.63, 3.8) is 0 Å². The second-order valence-electron chi connectivity index (χ2n) is 7.84. The van der Waals surface area contributed by atoms with E-state index in [-0.39, 0.29) is 23.3 Å². The number of esters is 1. The number of hydrogen-bond donors (Lipinski definition) is 1. The van der Waals surface area contributed by atoms with Crippen molar-refractivity contribution in [2.24, 2.45) is 7.05 Å². The predicted octanol–water partition coefficient (Wildman–Crippen LogP) is 4.54. The number of nitrogens with zero attached hydrogens (tertiary/aromatic N) is 2. The lowest BCUT2D eigenvalue weighted by Gasteiger charge is -2.16. The third-order valence-electron chi connectivity index (χ3n) is 5.36. The first-order valence-electron chi connectivity index (χ1n) is 10.9. The Hall–Kier alpha value is -2.94. The number of halogens is 1. The summed E-state index contributed by atoms with van der Waals surface area (Å²) in [4.78, 5) is 16.4. The highest BCUT2D eigenvalue weighted by Gasteiger charge is 2.20. The van der Waals surface area contributed by atoms with Gasteiger partial charge in [-0.05, 0) is 73.9 Å². The number of carbonyl (C=O) groups is 1. The maximum absolute atomic E-state index is 12.7. The van der Waals surface area contributed by atoms with Crippen molar-refractivity contribution in [2.75, 3.05) is 13.2 Å². The Kier molecular flexibility index (Phi) is 8.66. The average Bonchev–Trinajstić information content (AvgIpc) is 3.17. The van der Waals surface area contributed by atoms with Crippen molar-refractivity contribution in [1.29, 1.82) is 0 Å². The quantitative estimate of drug-likeness (QED) is 0.325. The van der Waals surface area contributed by atoms with Crippen LogP contribution < -0.4 is 4.72 Å². The Morgan fingerprint density at radius 1 is 1.24 bits per heavy atom. The first-order valence-corrected chi connectivity index (χ1v) is 12.7. The Morgan fingerprint density at radius 3 is 2.62 bits per heavy atom. The highest BCUT2D eigenvalue weighted by molar-refractivity contribution is 7.89. The number of aryl methyl sites for hydroxylation is 1. The summed E-state index contributed by atoms with van der Waals surface area (Å²) < 4.78 is 35.0. The van der Waals surface area contributed by atoms with Crippen LogP contribution in [-0.2, 0) is 26.6 Å². The molecule has 0 saturated carbocycles. The Balaban J connectivity index is 1.82. The number of nitrogens with one attached hydrogen (secondary N) is 1. The molecule has 0 saturated heterocycles. The molecule has 2 heterocycles. The summed E-state index contributed by atoms with van der Waals surface area (Å²) in [7, 11) is -1.76. The molecule has 34 heavy (non-hydrogen) atoms. The number of pyridine rings is 1. The van der Waals surface area contributed by atoms with Gasteiger partial charge in [-0.15, -0.1) is 0 Å². The molecule has 1 unspecified atom stereocenters. The van der Waals surface area contributed by atoms with Gasteiger partial charge in [0.2, 0.25) is 10.0 Å². The number of hydrogen-bond acceptors (Lipinski definition) is 5. The number of sulfonamides is 1. The van der Waals surface area contributed by atoms with E-state index in [4.69, 9.17) is 16.3 Å². The van der Waals surface area contributed by atoms with Crippen LogP contribution in [0.25, 0.3) is 6.08 Å². The smallest absolute Gasteiger partial charge is 0.333 e. The van der Waals surface area contributed by atoms with E-state index >= 15 is 0 Å². The van der Waals surface area contributed by atoms with Gasteiger partial charge in [-0.3, -0.25) is 4.98 Å². The van der Waals surface area contributed by atoms with Crippen LogP contribution in [0.15, 0.2) is 71.5 Å². The van der Waals surface area contributed by atoms with Gasteiger partial charge in [0.25, 0.3) is 0 Å². The molecule has 1 aromatic carbocycles. The fourth-order valence-electron chi connectivity index (χ4n) is 3.61. The van der Waals surface area contributed by atoms with Crippen molar-refractivity contribution >= 4 is 33.7 Å². The summed E-state index contributed by atoms with van der Waals surface area (Å²) in [5.41, 5.74) is 3.31. The minimum Gasteiger partial charge on any atom is -0.463 e. The second kappa shape index (κ2) is 11.5. The van der Waals surface area contributed by atoms with Gasteiger partial charge in [0.1, 0.15) is 0 Å². The maximum Gasteiger partial charge on any atom is 0.333 e.